The highest BCUT2D eigenvalue weighted by molar-refractivity contribution is 7.89. The number of halogens is 1. The van der Waals surface area contributed by atoms with Gasteiger partial charge in [-0.1, -0.05) is 17.7 Å². The molecular weight excluding hydrogens is 472 g/mol. The lowest BCUT2D eigenvalue weighted by atomic mass is 10.1. The Morgan fingerprint density at radius 1 is 1.06 bits per heavy atom. The standard InChI is InChI=1S/C24H21ClN6O2S/c25-20-15-26-10-6-19(20)23-29-21-2-1-9-28-24(21)31(23)17-7-12-30(13-8-17)34(32,33)18-4-3-16-5-11-27-22(16)14-18/h1-6,9-11,14-15,17,27H,7-8,12-13H2. The number of aromatic nitrogens is 5. The molecule has 1 N–H and O–H groups in total. The van der Waals surface area contributed by atoms with Crippen LogP contribution in [0.15, 0.2) is 72.1 Å². The van der Waals surface area contributed by atoms with Crippen molar-refractivity contribution in [2.75, 3.05) is 13.1 Å². The van der Waals surface area contributed by atoms with E-state index in [1.54, 1.807) is 35.0 Å². The first kappa shape index (κ1) is 21.3. The Morgan fingerprint density at radius 2 is 1.91 bits per heavy atom. The number of piperidine rings is 1. The highest BCUT2D eigenvalue weighted by Crippen LogP contribution is 2.36. The predicted molar refractivity (Wildman–Crippen MR) is 131 cm³/mol. The van der Waals surface area contributed by atoms with Gasteiger partial charge in [0.15, 0.2) is 5.65 Å². The van der Waals surface area contributed by atoms with Crippen molar-refractivity contribution < 1.29 is 8.42 Å². The molecule has 8 nitrogen and oxygen atoms in total. The third kappa shape index (κ3) is 3.48. The van der Waals surface area contributed by atoms with Gasteiger partial charge >= 0.3 is 0 Å². The van der Waals surface area contributed by atoms with Crippen LogP contribution in [0.4, 0.5) is 0 Å². The number of pyridine rings is 2. The predicted octanol–water partition coefficient (Wildman–Crippen LogP) is 4.65. The van der Waals surface area contributed by atoms with Gasteiger partial charge in [0, 0.05) is 55.0 Å². The molecule has 172 valence electrons. The smallest absolute Gasteiger partial charge is 0.243 e. The summed E-state index contributed by atoms with van der Waals surface area (Å²) in [6.07, 6.45) is 8.12. The summed E-state index contributed by atoms with van der Waals surface area (Å²) in [4.78, 5) is 16.9. The minimum Gasteiger partial charge on any atom is -0.361 e. The van der Waals surface area contributed by atoms with Crippen LogP contribution >= 0.6 is 11.6 Å². The van der Waals surface area contributed by atoms with E-state index in [4.69, 9.17) is 16.6 Å². The Hall–Kier alpha value is -3.27. The molecule has 0 saturated carbocycles. The lowest BCUT2D eigenvalue weighted by molar-refractivity contribution is 0.278. The molecule has 0 spiro atoms. The zero-order valence-corrected chi connectivity index (χ0v) is 19.7. The van der Waals surface area contributed by atoms with Crippen molar-refractivity contribution in [2.45, 2.75) is 23.8 Å². The minimum absolute atomic E-state index is 0.0384. The molecule has 4 aromatic heterocycles. The van der Waals surface area contributed by atoms with E-state index in [1.165, 1.54) is 0 Å². The van der Waals surface area contributed by atoms with Crippen molar-refractivity contribution in [3.05, 3.63) is 72.3 Å². The summed E-state index contributed by atoms with van der Waals surface area (Å²) < 4.78 is 30.4. The van der Waals surface area contributed by atoms with Crippen LogP contribution in [0.3, 0.4) is 0 Å². The number of benzene rings is 1. The van der Waals surface area contributed by atoms with Gasteiger partial charge in [-0.2, -0.15) is 4.31 Å². The van der Waals surface area contributed by atoms with Crippen molar-refractivity contribution in [2.24, 2.45) is 0 Å². The van der Waals surface area contributed by atoms with Gasteiger partial charge in [0.05, 0.1) is 9.92 Å². The van der Waals surface area contributed by atoms with Gasteiger partial charge in [0.25, 0.3) is 0 Å². The summed E-state index contributed by atoms with van der Waals surface area (Å²) in [6, 6.07) is 12.8. The van der Waals surface area contributed by atoms with Gasteiger partial charge in [-0.15, -0.1) is 0 Å². The van der Waals surface area contributed by atoms with Crippen LogP contribution in [-0.4, -0.2) is 50.3 Å². The Balaban J connectivity index is 1.32. The van der Waals surface area contributed by atoms with E-state index in [2.05, 4.69) is 19.5 Å². The van der Waals surface area contributed by atoms with Crippen LogP contribution in [0.5, 0.6) is 0 Å². The van der Waals surface area contributed by atoms with Crippen LogP contribution in [0, 0.1) is 0 Å². The quantitative estimate of drug-likeness (QED) is 0.393. The topological polar surface area (TPSA) is 96.8 Å². The molecule has 10 heteroatoms. The van der Waals surface area contributed by atoms with Gasteiger partial charge in [0.2, 0.25) is 10.0 Å². The molecule has 0 aliphatic carbocycles. The maximum Gasteiger partial charge on any atom is 0.243 e. The summed E-state index contributed by atoms with van der Waals surface area (Å²) >= 11 is 6.45. The number of aromatic amines is 1. The van der Waals surface area contributed by atoms with Crippen molar-refractivity contribution in [1.29, 1.82) is 0 Å². The Morgan fingerprint density at radius 3 is 2.74 bits per heavy atom. The van der Waals surface area contributed by atoms with Gasteiger partial charge in [-0.3, -0.25) is 4.98 Å². The summed E-state index contributed by atoms with van der Waals surface area (Å²) in [6.45, 7) is 0.817. The highest BCUT2D eigenvalue weighted by Gasteiger charge is 2.32. The first-order valence-electron chi connectivity index (χ1n) is 11.0. The average Bonchev–Trinajstić information content (AvgIpc) is 3.48. The zero-order valence-electron chi connectivity index (χ0n) is 18.1. The molecule has 1 aliphatic rings. The van der Waals surface area contributed by atoms with Crippen LogP contribution in [-0.2, 0) is 10.0 Å². The molecule has 5 aromatic rings. The first-order chi connectivity index (χ1) is 16.5. The molecular formula is C24H21ClN6O2S. The zero-order chi connectivity index (χ0) is 23.3. The van der Waals surface area contributed by atoms with E-state index in [-0.39, 0.29) is 6.04 Å². The van der Waals surface area contributed by atoms with E-state index in [0.717, 1.165) is 33.5 Å². The average molecular weight is 493 g/mol. The molecule has 1 aromatic carbocycles. The van der Waals surface area contributed by atoms with Gasteiger partial charge in [-0.05, 0) is 54.6 Å². The van der Waals surface area contributed by atoms with Gasteiger partial charge in [-0.25, -0.2) is 18.4 Å². The summed E-state index contributed by atoms with van der Waals surface area (Å²) in [5.41, 5.74) is 3.14. The van der Waals surface area contributed by atoms with Crippen LogP contribution < -0.4 is 0 Å². The molecule has 1 aliphatic heterocycles. The van der Waals surface area contributed by atoms with Gasteiger partial charge < -0.3 is 9.55 Å². The molecule has 6 rings (SSSR count). The normalized spacial score (nSPS) is 15.9. The number of hydrogen-bond acceptors (Lipinski definition) is 5. The summed E-state index contributed by atoms with van der Waals surface area (Å²) in [7, 11) is -3.59. The van der Waals surface area contributed by atoms with E-state index < -0.39 is 10.0 Å². The van der Waals surface area contributed by atoms with Crippen LogP contribution in [0.1, 0.15) is 18.9 Å². The third-order valence-electron chi connectivity index (χ3n) is 6.42. The SMILES string of the molecule is O=S(=O)(c1ccc2cc[nH]c2c1)N1CCC(n2c(-c3ccncc3Cl)nc3cccnc32)CC1. The fraction of sp³-hybridized carbons (Fsp3) is 0.208. The molecule has 5 heterocycles. The van der Waals surface area contributed by atoms with Crippen molar-refractivity contribution >= 4 is 43.7 Å². The second-order valence-electron chi connectivity index (χ2n) is 8.37. The number of imidazole rings is 1. The number of rotatable bonds is 4. The van der Waals surface area contributed by atoms with E-state index >= 15 is 0 Å². The lowest BCUT2D eigenvalue weighted by Gasteiger charge is -2.32. The van der Waals surface area contributed by atoms with Crippen LogP contribution in [0.25, 0.3) is 33.5 Å². The molecule has 0 atom stereocenters. The Bertz CT molecular complexity index is 1620. The van der Waals surface area contributed by atoms with Gasteiger partial charge in [0.1, 0.15) is 11.3 Å². The maximum atomic E-state index is 13.3. The fourth-order valence-electron chi connectivity index (χ4n) is 4.70. The van der Waals surface area contributed by atoms with Crippen molar-refractivity contribution in [1.82, 2.24) is 28.8 Å². The summed E-state index contributed by atoms with van der Waals surface area (Å²) in [5, 5.41) is 1.50. The Labute approximate surface area is 201 Å². The lowest BCUT2D eigenvalue weighted by Crippen LogP contribution is -2.39. The first-order valence-corrected chi connectivity index (χ1v) is 12.8. The number of hydrogen-bond donors (Lipinski definition) is 1. The second-order valence-corrected chi connectivity index (χ2v) is 10.7. The molecule has 0 unspecified atom stereocenters. The molecule has 0 radical (unpaired) electrons. The number of fused-ring (bicyclic) bond motifs is 2. The number of H-pyrrole nitrogens is 1. The third-order valence-corrected chi connectivity index (χ3v) is 8.61. The molecule has 0 amide bonds. The number of nitrogens with one attached hydrogen (secondary N) is 1. The van der Waals surface area contributed by atoms with Crippen molar-refractivity contribution in [3.63, 3.8) is 0 Å². The monoisotopic (exact) mass is 492 g/mol. The molecule has 0 bridgehead atoms. The summed E-state index contributed by atoms with van der Waals surface area (Å²) in [5.74, 6) is 0.722. The van der Waals surface area contributed by atoms with Crippen molar-refractivity contribution in [3.8, 4) is 11.4 Å². The second kappa shape index (κ2) is 8.19. The molecule has 1 saturated heterocycles. The maximum absolute atomic E-state index is 13.3. The largest absolute Gasteiger partial charge is 0.361 e. The fourth-order valence-corrected chi connectivity index (χ4v) is 6.40. The number of nitrogens with zero attached hydrogens (tertiary/aromatic N) is 5. The van der Waals surface area contributed by atoms with E-state index in [0.29, 0.717) is 35.8 Å². The molecule has 1 fully saturated rings. The minimum atomic E-state index is -3.59. The molecule has 34 heavy (non-hydrogen) atoms. The van der Waals surface area contributed by atoms with E-state index in [1.807, 2.05) is 36.5 Å². The highest BCUT2D eigenvalue weighted by atomic mass is 35.5. The van der Waals surface area contributed by atoms with E-state index in [9.17, 15) is 8.42 Å². The number of sulfonamides is 1. The Kier molecular flexibility index (Phi) is 5.13. The van der Waals surface area contributed by atoms with Crippen LogP contribution in [0.2, 0.25) is 5.02 Å².